The van der Waals surface area contributed by atoms with Crippen LogP contribution in [0, 0.1) is 0 Å². The van der Waals surface area contributed by atoms with E-state index < -0.39 is 93.0 Å². The molecule has 1 aliphatic heterocycles. The van der Waals surface area contributed by atoms with Gasteiger partial charge in [-0.1, -0.05) is 80.1 Å². The Morgan fingerprint density at radius 3 is 2.03 bits per heavy atom. The molecule has 4 aromatic rings. The third-order valence-corrected chi connectivity index (χ3v) is 12.3. The van der Waals surface area contributed by atoms with E-state index in [4.69, 9.17) is 0 Å². The number of hydrogen-bond acceptors (Lipinski definition) is 9. The number of aromatic nitrogens is 1. The molecule has 5 rings (SSSR count). The van der Waals surface area contributed by atoms with Crippen LogP contribution in [0.15, 0.2) is 85.1 Å². The van der Waals surface area contributed by atoms with Crippen LogP contribution in [0.5, 0.6) is 0 Å². The molecule has 1 saturated heterocycles. The summed E-state index contributed by atoms with van der Waals surface area (Å²) >= 11 is 0. The largest absolute Gasteiger partial charge is 0.481 e. The molecule has 1 aliphatic rings. The van der Waals surface area contributed by atoms with E-state index >= 15 is 0 Å². The molecule has 7 N–H and O–H groups in total. The average molecular weight is 958 g/mol. The Bertz CT molecular complexity index is 2570. The number of nitrogens with one attached hydrogen (secondary N) is 5. The lowest BCUT2D eigenvalue weighted by Crippen LogP contribution is -2.59. The molecule has 0 saturated carbocycles. The van der Waals surface area contributed by atoms with Gasteiger partial charge in [-0.3, -0.25) is 38.1 Å². The minimum absolute atomic E-state index is 0.00989. The number of carboxylic acid groups (broad SMARTS) is 1. The fourth-order valence-electron chi connectivity index (χ4n) is 8.30. The molecule has 19 heteroatoms. The van der Waals surface area contributed by atoms with Gasteiger partial charge >= 0.3 is 5.97 Å². The van der Waals surface area contributed by atoms with Crippen molar-refractivity contribution < 1.29 is 51.6 Å². The average Bonchev–Trinajstić information content (AvgIpc) is 3.94. The van der Waals surface area contributed by atoms with Crippen molar-refractivity contribution in [3.8, 4) is 0 Å². The molecular formula is C49H63N7O11S. The van der Waals surface area contributed by atoms with Crippen LogP contribution in [0.25, 0.3) is 10.8 Å². The predicted octanol–water partition coefficient (Wildman–Crippen LogP) is 3.57. The topological polar surface area (TPSA) is 262 Å². The van der Waals surface area contributed by atoms with Crippen molar-refractivity contribution >= 4 is 62.3 Å². The Hall–Kier alpha value is -6.60. The zero-order chi connectivity index (χ0) is 49.8. The van der Waals surface area contributed by atoms with Gasteiger partial charge in [0.1, 0.15) is 41.7 Å². The number of fused-ring (bicyclic) bond motifs is 1. The molecule has 366 valence electrons. The number of carboxylic acids is 1. The Morgan fingerprint density at radius 2 is 1.40 bits per heavy atom. The van der Waals surface area contributed by atoms with Crippen LogP contribution in [-0.2, 0) is 64.5 Å². The zero-order valence-electron chi connectivity index (χ0n) is 39.1. The summed E-state index contributed by atoms with van der Waals surface area (Å²) in [7, 11) is -2.62. The van der Waals surface area contributed by atoms with Crippen molar-refractivity contribution in [2.45, 2.75) is 127 Å². The van der Waals surface area contributed by atoms with Gasteiger partial charge in [-0.25, -0.2) is 0 Å². The van der Waals surface area contributed by atoms with E-state index in [0.717, 1.165) is 16.3 Å². The fraction of sp³-hybridized carbons (Fsp3) is 0.449. The first-order chi connectivity index (χ1) is 32.1. The summed E-state index contributed by atoms with van der Waals surface area (Å²) < 4.78 is 33.8. The molecular weight excluding hydrogens is 895 g/mol. The van der Waals surface area contributed by atoms with E-state index in [1.165, 1.54) is 17.0 Å². The van der Waals surface area contributed by atoms with E-state index in [0.29, 0.717) is 24.0 Å². The lowest BCUT2D eigenvalue weighted by atomic mass is 9.97. The first-order valence-corrected chi connectivity index (χ1v) is 24.4. The molecule has 0 spiro atoms. The SMILES string of the molecule is CCC[C@H](NC(=O)[C@H](Cc1ccc(CS(=O)(=O)O)cc1)NC(=O)c1cccn1C)C(=O)N1CCC[C@H]1C(=O)N[C@@H](Cc1cccc2ccccc12)C(=O)N[C@@H](CCCC(=O)O)C(=O)NC(C)(C)C. The number of rotatable bonds is 22. The number of amides is 6. The number of aryl methyl sites for hydroxylation is 1. The first-order valence-electron chi connectivity index (χ1n) is 22.8. The number of benzene rings is 3. The van der Waals surface area contributed by atoms with Crippen molar-refractivity contribution in [1.82, 2.24) is 36.1 Å². The maximum atomic E-state index is 14.5. The third kappa shape index (κ3) is 15.2. The number of likely N-dealkylation sites (tertiary alicyclic amines) is 1. The molecule has 0 unspecified atom stereocenters. The number of carbonyl (C=O) groups is 7. The van der Waals surface area contributed by atoms with E-state index in [1.54, 1.807) is 62.8 Å². The Kier molecular flexibility index (Phi) is 18.0. The van der Waals surface area contributed by atoms with Crippen molar-refractivity contribution in [3.05, 3.63) is 107 Å². The second-order valence-corrected chi connectivity index (χ2v) is 19.8. The van der Waals surface area contributed by atoms with E-state index in [2.05, 4.69) is 26.6 Å². The maximum Gasteiger partial charge on any atom is 0.303 e. The highest BCUT2D eigenvalue weighted by molar-refractivity contribution is 7.85. The van der Waals surface area contributed by atoms with E-state index in [9.17, 15) is 51.6 Å². The molecule has 6 amide bonds. The summed E-state index contributed by atoms with van der Waals surface area (Å²) in [6, 6.07) is 16.8. The maximum absolute atomic E-state index is 14.5. The number of hydrogen-bond donors (Lipinski definition) is 7. The van der Waals surface area contributed by atoms with Gasteiger partial charge in [-0.2, -0.15) is 8.42 Å². The number of aliphatic carboxylic acids is 1. The molecule has 0 aliphatic carbocycles. The summed E-state index contributed by atoms with van der Waals surface area (Å²) in [5.41, 5.74) is 1.19. The molecule has 2 heterocycles. The Morgan fingerprint density at radius 1 is 0.750 bits per heavy atom. The highest BCUT2D eigenvalue weighted by atomic mass is 32.2. The highest BCUT2D eigenvalue weighted by Crippen LogP contribution is 2.23. The number of nitrogens with zero attached hydrogens (tertiary/aromatic N) is 2. The van der Waals surface area contributed by atoms with Crippen molar-refractivity contribution in [2.24, 2.45) is 7.05 Å². The van der Waals surface area contributed by atoms with Gasteiger partial charge in [0.15, 0.2) is 0 Å². The quantitative estimate of drug-likeness (QED) is 0.0561. The van der Waals surface area contributed by atoms with Gasteiger partial charge in [0.05, 0.1) is 0 Å². The van der Waals surface area contributed by atoms with Crippen LogP contribution in [0.2, 0.25) is 0 Å². The number of carbonyl (C=O) groups excluding carboxylic acids is 6. The molecule has 68 heavy (non-hydrogen) atoms. The second-order valence-electron chi connectivity index (χ2n) is 18.3. The van der Waals surface area contributed by atoms with Gasteiger partial charge in [0, 0.05) is 44.6 Å². The summed E-state index contributed by atoms with van der Waals surface area (Å²) in [4.78, 5) is 97.3. The molecule has 1 fully saturated rings. The van der Waals surface area contributed by atoms with Crippen LogP contribution in [-0.4, -0.2) is 111 Å². The van der Waals surface area contributed by atoms with Crippen LogP contribution in [0.1, 0.15) is 99.8 Å². The standard InChI is InChI=1S/C49H63N7O11S/c1-6-13-37(51-43(59)38(52-46(62)40-19-11-26-55(40)5)28-31-22-24-32(25-23-31)30-68(65,66)67)48(64)56-27-12-20-41(56)47(63)53-39(29-34-16-9-15-33-14-7-8-17-35(33)34)44(60)50-36(18-10-21-42(57)58)45(61)54-49(2,3)4/h7-9,11,14-17,19,22-26,36-39,41H,6,10,12-13,18,20-21,27-30H2,1-5H3,(H,50,60)(H,51,59)(H,52,62)(H,53,63)(H,54,61)(H,57,58)(H,65,66,67)/t36-,37-,38-,39-,41-/m0/s1. The second kappa shape index (κ2) is 23.4. The summed E-state index contributed by atoms with van der Waals surface area (Å²) in [5, 5.41) is 25.2. The normalized spacial score (nSPS) is 15.7. The molecule has 5 atom stereocenters. The van der Waals surface area contributed by atoms with E-state index in [1.807, 2.05) is 49.4 Å². The van der Waals surface area contributed by atoms with Gasteiger partial charge in [0.2, 0.25) is 29.5 Å². The van der Waals surface area contributed by atoms with Crippen molar-refractivity contribution in [2.75, 3.05) is 6.54 Å². The molecule has 3 aromatic carbocycles. The summed E-state index contributed by atoms with van der Waals surface area (Å²) in [6.45, 7) is 7.33. The van der Waals surface area contributed by atoms with Crippen LogP contribution in [0.3, 0.4) is 0 Å². The third-order valence-electron chi connectivity index (χ3n) is 11.6. The Balaban J connectivity index is 1.38. The van der Waals surface area contributed by atoms with Crippen LogP contribution in [0.4, 0.5) is 0 Å². The zero-order valence-corrected chi connectivity index (χ0v) is 39.9. The van der Waals surface area contributed by atoms with Gasteiger partial charge in [-0.15, -0.1) is 0 Å². The smallest absolute Gasteiger partial charge is 0.303 e. The predicted molar refractivity (Wildman–Crippen MR) is 255 cm³/mol. The van der Waals surface area contributed by atoms with Crippen LogP contribution >= 0.6 is 0 Å². The van der Waals surface area contributed by atoms with Gasteiger partial charge < -0.3 is 41.2 Å². The molecule has 1 aromatic heterocycles. The van der Waals surface area contributed by atoms with Crippen LogP contribution < -0.4 is 26.6 Å². The lowest BCUT2D eigenvalue weighted by Gasteiger charge is -2.31. The van der Waals surface area contributed by atoms with Crippen molar-refractivity contribution in [1.29, 1.82) is 0 Å². The van der Waals surface area contributed by atoms with Gasteiger partial charge in [0.25, 0.3) is 16.0 Å². The molecule has 0 radical (unpaired) electrons. The molecule has 0 bridgehead atoms. The van der Waals surface area contributed by atoms with E-state index in [-0.39, 0.29) is 57.2 Å². The summed E-state index contributed by atoms with van der Waals surface area (Å²) in [5.74, 6) is -5.25. The minimum atomic E-state index is -4.29. The fourth-order valence-corrected chi connectivity index (χ4v) is 8.91. The van der Waals surface area contributed by atoms with Crippen molar-refractivity contribution in [3.63, 3.8) is 0 Å². The Labute approximate surface area is 396 Å². The monoisotopic (exact) mass is 957 g/mol. The summed E-state index contributed by atoms with van der Waals surface area (Å²) in [6.07, 6.45) is 2.86. The minimum Gasteiger partial charge on any atom is -0.481 e. The lowest BCUT2D eigenvalue weighted by molar-refractivity contribution is -0.142. The first kappa shape index (κ1) is 52.4. The molecule has 18 nitrogen and oxygen atoms in total. The van der Waals surface area contributed by atoms with Gasteiger partial charge in [-0.05, 0) is 92.5 Å². The highest BCUT2D eigenvalue weighted by Gasteiger charge is 2.40.